The van der Waals surface area contributed by atoms with Crippen LogP contribution in [0.15, 0.2) is 42.6 Å². The Morgan fingerprint density at radius 2 is 2.20 bits per heavy atom. The summed E-state index contributed by atoms with van der Waals surface area (Å²) in [6.07, 6.45) is 3.48. The molecule has 2 rings (SSSR count). The predicted octanol–water partition coefficient (Wildman–Crippen LogP) is 2.39. The molecule has 1 heterocycles. The Morgan fingerprint density at radius 1 is 1.44 bits per heavy atom. The summed E-state index contributed by atoms with van der Waals surface area (Å²) in [4.78, 5) is 24.3. The van der Waals surface area contributed by atoms with Crippen LogP contribution in [0.3, 0.4) is 0 Å². The summed E-state index contributed by atoms with van der Waals surface area (Å²) < 4.78 is 10.6. The summed E-state index contributed by atoms with van der Waals surface area (Å²) in [5.74, 6) is -1.05. The standard InChI is InChI=1S/C18H22N2O5/c1-4-6-9-25-17(22)15-11(3)19-18(23)20-16(15)12-7-8-13(21)14(10-12)24-5-2/h4,6-8,10,15-16,21H,3,5,9H2,1-2H3,(H2,19,20,23)/b6-4+/t15-,16+/m1/s1. The summed E-state index contributed by atoms with van der Waals surface area (Å²) in [5.41, 5.74) is 0.857. The molecule has 0 radical (unpaired) electrons. The third kappa shape index (κ3) is 4.32. The number of rotatable bonds is 6. The van der Waals surface area contributed by atoms with E-state index in [0.29, 0.717) is 12.2 Å². The Bertz CT molecular complexity index is 699. The molecule has 0 aliphatic carbocycles. The minimum absolute atomic E-state index is 0.0168. The number of hydrogen-bond donors (Lipinski definition) is 3. The van der Waals surface area contributed by atoms with Gasteiger partial charge in [0.2, 0.25) is 0 Å². The SMILES string of the molecule is C=C1NC(=O)N[C@@H](c2ccc(O)c(OCC)c2)[C@@H]1C(=O)OC/C=C/C. The largest absolute Gasteiger partial charge is 0.504 e. The molecule has 7 heteroatoms. The van der Waals surface area contributed by atoms with Gasteiger partial charge in [-0.25, -0.2) is 4.79 Å². The van der Waals surface area contributed by atoms with E-state index in [2.05, 4.69) is 17.2 Å². The van der Waals surface area contributed by atoms with E-state index in [0.717, 1.165) is 0 Å². The van der Waals surface area contributed by atoms with Gasteiger partial charge in [-0.2, -0.15) is 0 Å². The first-order valence-corrected chi connectivity index (χ1v) is 7.97. The molecule has 2 atom stereocenters. The van der Waals surface area contributed by atoms with Crippen LogP contribution in [0.5, 0.6) is 11.5 Å². The van der Waals surface area contributed by atoms with Crippen LogP contribution in [-0.4, -0.2) is 30.3 Å². The number of urea groups is 1. The first-order chi connectivity index (χ1) is 12.0. The number of nitrogens with one attached hydrogen (secondary N) is 2. The lowest BCUT2D eigenvalue weighted by atomic mass is 9.89. The van der Waals surface area contributed by atoms with Crippen molar-refractivity contribution < 1.29 is 24.2 Å². The van der Waals surface area contributed by atoms with Gasteiger partial charge in [-0.05, 0) is 31.5 Å². The fourth-order valence-corrected chi connectivity index (χ4v) is 2.55. The molecule has 0 spiro atoms. The first-order valence-electron chi connectivity index (χ1n) is 7.97. The zero-order valence-electron chi connectivity index (χ0n) is 14.2. The van der Waals surface area contributed by atoms with Crippen molar-refractivity contribution in [1.82, 2.24) is 10.6 Å². The van der Waals surface area contributed by atoms with Gasteiger partial charge < -0.3 is 25.2 Å². The van der Waals surface area contributed by atoms with Gasteiger partial charge in [-0.15, -0.1) is 0 Å². The second kappa shape index (κ2) is 8.23. The van der Waals surface area contributed by atoms with Crippen LogP contribution < -0.4 is 15.4 Å². The van der Waals surface area contributed by atoms with E-state index < -0.39 is 24.0 Å². The number of phenols is 1. The van der Waals surface area contributed by atoms with Gasteiger partial charge in [0.15, 0.2) is 11.5 Å². The van der Waals surface area contributed by atoms with E-state index in [1.165, 1.54) is 6.07 Å². The zero-order chi connectivity index (χ0) is 18.4. The highest BCUT2D eigenvalue weighted by Gasteiger charge is 2.39. The molecule has 7 nitrogen and oxygen atoms in total. The maximum Gasteiger partial charge on any atom is 0.319 e. The van der Waals surface area contributed by atoms with Crippen LogP contribution in [0.1, 0.15) is 25.5 Å². The molecule has 25 heavy (non-hydrogen) atoms. The Balaban J connectivity index is 2.33. The van der Waals surface area contributed by atoms with Crippen molar-refractivity contribution in [2.75, 3.05) is 13.2 Å². The number of carbonyl (C=O) groups is 2. The Kier molecular flexibility index (Phi) is 6.05. The highest BCUT2D eigenvalue weighted by atomic mass is 16.5. The van der Waals surface area contributed by atoms with Crippen molar-refractivity contribution in [2.24, 2.45) is 5.92 Å². The number of benzene rings is 1. The average molecular weight is 346 g/mol. The van der Waals surface area contributed by atoms with Crippen molar-refractivity contribution in [2.45, 2.75) is 19.9 Å². The van der Waals surface area contributed by atoms with Crippen LogP contribution in [0, 0.1) is 5.92 Å². The molecule has 0 saturated carbocycles. The minimum atomic E-state index is -0.804. The van der Waals surface area contributed by atoms with Gasteiger partial charge >= 0.3 is 12.0 Å². The average Bonchev–Trinajstić information content (AvgIpc) is 2.56. The molecule has 2 amide bonds. The van der Waals surface area contributed by atoms with Gasteiger partial charge in [0.25, 0.3) is 0 Å². The summed E-state index contributed by atoms with van der Waals surface area (Å²) in [7, 11) is 0. The number of aromatic hydroxyl groups is 1. The molecule has 134 valence electrons. The molecule has 1 saturated heterocycles. The van der Waals surface area contributed by atoms with E-state index >= 15 is 0 Å². The lowest BCUT2D eigenvalue weighted by Gasteiger charge is -2.33. The van der Waals surface area contributed by atoms with Crippen molar-refractivity contribution in [3.8, 4) is 11.5 Å². The van der Waals surface area contributed by atoms with E-state index in [-0.39, 0.29) is 23.8 Å². The maximum atomic E-state index is 12.5. The second-order valence-electron chi connectivity index (χ2n) is 5.44. The zero-order valence-corrected chi connectivity index (χ0v) is 14.2. The van der Waals surface area contributed by atoms with Crippen molar-refractivity contribution >= 4 is 12.0 Å². The number of hydrogen-bond acceptors (Lipinski definition) is 5. The Hall–Kier alpha value is -2.96. The lowest BCUT2D eigenvalue weighted by molar-refractivity contribution is -0.147. The molecule has 1 aliphatic heterocycles. The highest BCUT2D eigenvalue weighted by Crippen LogP contribution is 2.35. The third-order valence-electron chi connectivity index (χ3n) is 3.72. The summed E-state index contributed by atoms with van der Waals surface area (Å²) in [5, 5.41) is 15.1. The molecular weight excluding hydrogens is 324 g/mol. The number of allylic oxidation sites excluding steroid dienone is 1. The molecule has 1 aromatic rings. The van der Waals surface area contributed by atoms with Crippen LogP contribution in [0.4, 0.5) is 4.79 Å². The molecule has 1 aromatic carbocycles. The number of ether oxygens (including phenoxy) is 2. The van der Waals surface area contributed by atoms with Gasteiger partial charge in [0.05, 0.1) is 12.6 Å². The van der Waals surface area contributed by atoms with Crippen molar-refractivity contribution in [1.29, 1.82) is 0 Å². The molecule has 3 N–H and O–H groups in total. The van der Waals surface area contributed by atoms with E-state index in [4.69, 9.17) is 9.47 Å². The van der Waals surface area contributed by atoms with Gasteiger partial charge in [-0.1, -0.05) is 24.8 Å². The monoisotopic (exact) mass is 346 g/mol. The quantitative estimate of drug-likeness (QED) is 0.543. The first kappa shape index (κ1) is 18.4. The van der Waals surface area contributed by atoms with Crippen molar-refractivity contribution in [3.05, 3.63) is 48.2 Å². The summed E-state index contributed by atoms with van der Waals surface area (Å²) in [6, 6.07) is 3.53. The lowest BCUT2D eigenvalue weighted by Crippen LogP contribution is -2.51. The third-order valence-corrected chi connectivity index (χ3v) is 3.72. The molecule has 0 unspecified atom stereocenters. The Labute approximate surface area is 146 Å². The maximum absolute atomic E-state index is 12.5. The normalized spacial score (nSPS) is 20.1. The fourth-order valence-electron chi connectivity index (χ4n) is 2.55. The molecule has 1 fully saturated rings. The Morgan fingerprint density at radius 3 is 2.88 bits per heavy atom. The molecule has 0 bridgehead atoms. The van der Waals surface area contributed by atoms with Gasteiger partial charge in [0.1, 0.15) is 12.5 Å². The second-order valence-corrected chi connectivity index (χ2v) is 5.44. The van der Waals surface area contributed by atoms with E-state index in [9.17, 15) is 14.7 Å². The van der Waals surface area contributed by atoms with Gasteiger partial charge in [-0.3, -0.25) is 4.79 Å². The minimum Gasteiger partial charge on any atom is -0.504 e. The topological polar surface area (TPSA) is 96.9 Å². The van der Waals surface area contributed by atoms with Crippen LogP contribution >= 0.6 is 0 Å². The van der Waals surface area contributed by atoms with Crippen LogP contribution in [0.25, 0.3) is 0 Å². The molecule has 0 aromatic heterocycles. The number of carbonyl (C=O) groups excluding carboxylic acids is 2. The molecule has 1 aliphatic rings. The van der Waals surface area contributed by atoms with Crippen molar-refractivity contribution in [3.63, 3.8) is 0 Å². The van der Waals surface area contributed by atoms with E-state index in [1.807, 2.05) is 6.92 Å². The highest BCUT2D eigenvalue weighted by molar-refractivity contribution is 5.85. The van der Waals surface area contributed by atoms with Crippen LogP contribution in [0.2, 0.25) is 0 Å². The number of phenolic OH excluding ortho intramolecular Hbond substituents is 1. The van der Waals surface area contributed by atoms with Gasteiger partial charge in [0, 0.05) is 5.70 Å². The summed E-state index contributed by atoms with van der Waals surface area (Å²) in [6.45, 7) is 7.90. The van der Waals surface area contributed by atoms with E-state index in [1.54, 1.807) is 31.2 Å². The number of amides is 2. The summed E-state index contributed by atoms with van der Waals surface area (Å²) >= 11 is 0. The van der Waals surface area contributed by atoms with Crippen LogP contribution in [-0.2, 0) is 9.53 Å². The number of esters is 1. The molecular formula is C18H22N2O5. The predicted molar refractivity (Wildman–Crippen MR) is 92.1 cm³/mol. The fraction of sp³-hybridized carbons (Fsp3) is 0.333. The smallest absolute Gasteiger partial charge is 0.319 e.